The molecule has 104 valence electrons. The standard InChI is InChI=1S/C11H12N6O2S/c1-20-8-4-2-7(3-5-8)15-10-9(17(18)19)11(16-12)14-6-13-10/h2-6H,12H2,1H3,(H2,13,14,15,16). The first-order valence-corrected chi connectivity index (χ1v) is 6.75. The molecule has 4 N–H and O–H groups in total. The third-order valence-corrected chi connectivity index (χ3v) is 3.24. The van der Waals surface area contributed by atoms with E-state index in [9.17, 15) is 10.1 Å². The van der Waals surface area contributed by atoms with Crippen molar-refractivity contribution in [3.8, 4) is 0 Å². The molecule has 1 aromatic carbocycles. The lowest BCUT2D eigenvalue weighted by molar-refractivity contribution is -0.383. The SMILES string of the molecule is CSc1ccc(Nc2ncnc(NN)c2[N+](=O)[O-])cc1. The van der Waals surface area contributed by atoms with Gasteiger partial charge in [0.1, 0.15) is 6.33 Å². The second-order valence-electron chi connectivity index (χ2n) is 3.67. The van der Waals surface area contributed by atoms with Crippen molar-refractivity contribution in [1.29, 1.82) is 0 Å². The number of nitrogens with zero attached hydrogens (tertiary/aromatic N) is 3. The van der Waals surface area contributed by atoms with Gasteiger partial charge in [-0.2, -0.15) is 0 Å². The fraction of sp³-hybridized carbons (Fsp3) is 0.0909. The van der Waals surface area contributed by atoms with Gasteiger partial charge in [0.2, 0.25) is 11.6 Å². The second kappa shape index (κ2) is 6.17. The molecule has 0 saturated carbocycles. The number of nitrogen functional groups attached to an aromatic ring is 1. The van der Waals surface area contributed by atoms with Crippen molar-refractivity contribution in [3.63, 3.8) is 0 Å². The van der Waals surface area contributed by atoms with Crippen molar-refractivity contribution in [2.24, 2.45) is 5.84 Å². The van der Waals surface area contributed by atoms with Gasteiger partial charge in [-0.3, -0.25) is 10.1 Å². The summed E-state index contributed by atoms with van der Waals surface area (Å²) in [6, 6.07) is 7.44. The lowest BCUT2D eigenvalue weighted by atomic mass is 10.3. The van der Waals surface area contributed by atoms with Gasteiger partial charge in [0.05, 0.1) is 4.92 Å². The van der Waals surface area contributed by atoms with E-state index in [0.717, 1.165) is 4.90 Å². The number of thioether (sulfide) groups is 1. The number of hydrogen-bond acceptors (Lipinski definition) is 8. The first-order valence-electron chi connectivity index (χ1n) is 5.52. The molecule has 0 bridgehead atoms. The Morgan fingerprint density at radius 2 is 1.90 bits per heavy atom. The summed E-state index contributed by atoms with van der Waals surface area (Å²) in [6.07, 6.45) is 3.16. The zero-order valence-electron chi connectivity index (χ0n) is 10.5. The zero-order chi connectivity index (χ0) is 14.5. The maximum absolute atomic E-state index is 11.1. The lowest BCUT2D eigenvalue weighted by Gasteiger charge is -2.08. The van der Waals surface area contributed by atoms with Gasteiger partial charge in [-0.1, -0.05) is 0 Å². The average Bonchev–Trinajstić information content (AvgIpc) is 2.47. The molecule has 8 nitrogen and oxygen atoms in total. The second-order valence-corrected chi connectivity index (χ2v) is 4.55. The van der Waals surface area contributed by atoms with E-state index in [-0.39, 0.29) is 17.3 Å². The summed E-state index contributed by atoms with van der Waals surface area (Å²) in [5, 5.41) is 14.0. The summed E-state index contributed by atoms with van der Waals surface area (Å²) in [4.78, 5) is 19.2. The monoisotopic (exact) mass is 292 g/mol. The number of hydrazine groups is 1. The van der Waals surface area contributed by atoms with Crippen molar-refractivity contribution in [2.75, 3.05) is 17.0 Å². The fourth-order valence-electron chi connectivity index (χ4n) is 1.56. The predicted octanol–water partition coefficient (Wildman–Crippen LogP) is 2.14. The molecule has 0 fully saturated rings. The van der Waals surface area contributed by atoms with Crippen LogP contribution in [0, 0.1) is 10.1 Å². The minimum Gasteiger partial charge on any atom is -0.334 e. The van der Waals surface area contributed by atoms with E-state index >= 15 is 0 Å². The number of nitro groups is 1. The number of nitrogens with one attached hydrogen (secondary N) is 2. The molecule has 20 heavy (non-hydrogen) atoms. The molecule has 1 heterocycles. The smallest absolute Gasteiger partial charge is 0.334 e. The van der Waals surface area contributed by atoms with Crippen LogP contribution in [0.4, 0.5) is 23.0 Å². The van der Waals surface area contributed by atoms with Crippen molar-refractivity contribution >= 4 is 34.8 Å². The number of hydrogen-bond donors (Lipinski definition) is 3. The maximum atomic E-state index is 11.1. The van der Waals surface area contributed by atoms with E-state index < -0.39 is 4.92 Å². The summed E-state index contributed by atoms with van der Waals surface area (Å²) in [6.45, 7) is 0. The van der Waals surface area contributed by atoms with Crippen LogP contribution in [0.5, 0.6) is 0 Å². The minimum absolute atomic E-state index is 0.0479. The molecule has 2 rings (SSSR count). The van der Waals surface area contributed by atoms with Crippen LogP contribution >= 0.6 is 11.8 Å². The number of rotatable bonds is 5. The Morgan fingerprint density at radius 3 is 2.45 bits per heavy atom. The molecule has 0 aliphatic rings. The Kier molecular flexibility index (Phi) is 4.33. The minimum atomic E-state index is -0.589. The highest BCUT2D eigenvalue weighted by Crippen LogP contribution is 2.30. The van der Waals surface area contributed by atoms with Crippen LogP contribution in [-0.4, -0.2) is 21.1 Å². The van der Waals surface area contributed by atoms with Crippen molar-refractivity contribution in [1.82, 2.24) is 9.97 Å². The largest absolute Gasteiger partial charge is 0.354 e. The van der Waals surface area contributed by atoms with Crippen LogP contribution < -0.4 is 16.6 Å². The molecule has 0 unspecified atom stereocenters. The topological polar surface area (TPSA) is 119 Å². The maximum Gasteiger partial charge on any atom is 0.354 e. The van der Waals surface area contributed by atoms with Crippen LogP contribution in [0.25, 0.3) is 0 Å². The van der Waals surface area contributed by atoms with E-state index in [0.29, 0.717) is 5.69 Å². The van der Waals surface area contributed by atoms with Crippen LogP contribution in [0.3, 0.4) is 0 Å². The molecule has 0 radical (unpaired) electrons. The Bertz CT molecular complexity index is 619. The van der Waals surface area contributed by atoms with E-state index in [4.69, 9.17) is 5.84 Å². The molecule has 0 atom stereocenters. The first-order chi connectivity index (χ1) is 9.65. The molecule has 0 amide bonds. The number of benzene rings is 1. The van der Waals surface area contributed by atoms with Crippen LogP contribution in [-0.2, 0) is 0 Å². The van der Waals surface area contributed by atoms with Gasteiger partial charge in [0, 0.05) is 10.6 Å². The van der Waals surface area contributed by atoms with Crippen LogP contribution in [0.2, 0.25) is 0 Å². The van der Waals surface area contributed by atoms with Gasteiger partial charge >= 0.3 is 5.69 Å². The predicted molar refractivity (Wildman–Crippen MR) is 78.0 cm³/mol. The molecule has 1 aromatic heterocycles. The van der Waals surface area contributed by atoms with Crippen molar-refractivity contribution in [3.05, 3.63) is 40.7 Å². The van der Waals surface area contributed by atoms with E-state index in [1.807, 2.05) is 30.5 Å². The highest BCUT2D eigenvalue weighted by molar-refractivity contribution is 7.98. The van der Waals surface area contributed by atoms with Crippen LogP contribution in [0.1, 0.15) is 0 Å². The molecule has 0 saturated heterocycles. The van der Waals surface area contributed by atoms with Crippen molar-refractivity contribution < 1.29 is 4.92 Å². The molecule has 0 aliphatic carbocycles. The summed E-state index contributed by atoms with van der Waals surface area (Å²) < 4.78 is 0. The normalized spacial score (nSPS) is 10.1. The molecular formula is C11H12N6O2S. The fourth-order valence-corrected chi connectivity index (χ4v) is 1.97. The molecule has 0 spiro atoms. The van der Waals surface area contributed by atoms with Gasteiger partial charge in [-0.15, -0.1) is 11.8 Å². The third-order valence-electron chi connectivity index (χ3n) is 2.49. The molecule has 9 heteroatoms. The summed E-state index contributed by atoms with van der Waals surface area (Å²) in [5.74, 6) is 5.24. The van der Waals surface area contributed by atoms with Gasteiger partial charge in [0.25, 0.3) is 0 Å². The van der Waals surface area contributed by atoms with Crippen molar-refractivity contribution in [2.45, 2.75) is 4.90 Å². The highest BCUT2D eigenvalue weighted by atomic mass is 32.2. The summed E-state index contributed by atoms with van der Waals surface area (Å²) in [7, 11) is 0. The Labute approximate surface area is 118 Å². The first kappa shape index (κ1) is 14.0. The molecule has 2 aromatic rings. The van der Waals surface area contributed by atoms with Crippen LogP contribution in [0.15, 0.2) is 35.5 Å². The van der Waals surface area contributed by atoms with E-state index in [2.05, 4.69) is 20.7 Å². The Hall–Kier alpha value is -2.39. The Balaban J connectivity index is 2.34. The van der Waals surface area contributed by atoms with E-state index in [1.165, 1.54) is 6.33 Å². The average molecular weight is 292 g/mol. The van der Waals surface area contributed by atoms with Gasteiger partial charge in [-0.05, 0) is 30.5 Å². The summed E-state index contributed by atoms with van der Waals surface area (Å²) in [5.41, 5.74) is 2.57. The Morgan fingerprint density at radius 1 is 1.25 bits per heavy atom. The molecular weight excluding hydrogens is 280 g/mol. The van der Waals surface area contributed by atoms with Gasteiger partial charge in [-0.25, -0.2) is 15.8 Å². The third kappa shape index (κ3) is 2.95. The van der Waals surface area contributed by atoms with Gasteiger partial charge in [0.15, 0.2) is 0 Å². The van der Waals surface area contributed by atoms with E-state index in [1.54, 1.807) is 11.8 Å². The lowest BCUT2D eigenvalue weighted by Crippen LogP contribution is -2.12. The number of aromatic nitrogens is 2. The van der Waals surface area contributed by atoms with Gasteiger partial charge < -0.3 is 10.7 Å². The highest BCUT2D eigenvalue weighted by Gasteiger charge is 2.22. The number of anilines is 3. The summed E-state index contributed by atoms with van der Waals surface area (Å²) >= 11 is 1.61. The molecule has 0 aliphatic heterocycles. The quantitative estimate of drug-likeness (QED) is 0.332. The zero-order valence-corrected chi connectivity index (χ0v) is 11.3. The number of nitrogens with two attached hydrogens (primary N) is 1.